The lowest BCUT2D eigenvalue weighted by Crippen LogP contribution is -2.52. The lowest BCUT2D eigenvalue weighted by atomic mass is 9.96. The number of aliphatic hydroxyl groups is 1. The van der Waals surface area contributed by atoms with Gasteiger partial charge in [0, 0.05) is 0 Å². The summed E-state index contributed by atoms with van der Waals surface area (Å²) in [5.41, 5.74) is 5.78. The van der Waals surface area contributed by atoms with Crippen LogP contribution in [0.5, 0.6) is 0 Å². The summed E-state index contributed by atoms with van der Waals surface area (Å²) in [6, 6.07) is 0.397. The molecule has 0 spiro atoms. The Morgan fingerprint density at radius 2 is 1.82 bits per heavy atom. The third-order valence-electron chi connectivity index (χ3n) is 4.15. The van der Waals surface area contributed by atoms with E-state index in [-0.39, 0.29) is 12.1 Å². The number of rotatable bonds is 3. The average Bonchev–Trinajstić information content (AvgIpc) is 2.79. The van der Waals surface area contributed by atoms with E-state index < -0.39 is 0 Å². The maximum atomic E-state index is 9.50. The van der Waals surface area contributed by atoms with Gasteiger partial charge in [0.05, 0.1) is 18.2 Å². The maximum Gasteiger partial charge on any atom is 0.189 e. The van der Waals surface area contributed by atoms with Crippen LogP contribution in [0.25, 0.3) is 0 Å². The van der Waals surface area contributed by atoms with Crippen LogP contribution in [-0.2, 0) is 0 Å². The van der Waals surface area contributed by atoms with Gasteiger partial charge in [-0.3, -0.25) is 4.99 Å². The first kappa shape index (κ1) is 12.7. The summed E-state index contributed by atoms with van der Waals surface area (Å²) >= 11 is 0. The molecule has 0 bridgehead atoms. The predicted molar refractivity (Wildman–Crippen MR) is 69.9 cm³/mol. The van der Waals surface area contributed by atoms with E-state index in [0.717, 1.165) is 25.7 Å². The molecule has 0 aromatic carbocycles. The lowest BCUT2D eigenvalue weighted by Gasteiger charge is -2.29. The molecular formula is C13H25N3O. The van der Waals surface area contributed by atoms with E-state index in [1.807, 2.05) is 0 Å². The SMILES string of the molecule is NC(=NC1CCCCC1)NC1(CO)CCCC1. The molecule has 2 saturated carbocycles. The summed E-state index contributed by atoms with van der Waals surface area (Å²) in [6.45, 7) is 0.161. The first-order chi connectivity index (χ1) is 8.24. The molecule has 0 unspecified atom stereocenters. The van der Waals surface area contributed by atoms with E-state index in [0.29, 0.717) is 12.0 Å². The fourth-order valence-electron chi connectivity index (χ4n) is 3.09. The fourth-order valence-corrected chi connectivity index (χ4v) is 3.09. The number of aliphatic imine (C=N–C) groups is 1. The van der Waals surface area contributed by atoms with Crippen LogP contribution in [-0.4, -0.2) is 29.3 Å². The maximum absolute atomic E-state index is 9.50. The van der Waals surface area contributed by atoms with Crippen LogP contribution in [0.15, 0.2) is 4.99 Å². The first-order valence-corrected chi connectivity index (χ1v) is 6.96. The number of nitrogens with two attached hydrogens (primary N) is 1. The summed E-state index contributed by atoms with van der Waals surface area (Å²) < 4.78 is 0. The molecule has 17 heavy (non-hydrogen) atoms. The number of nitrogens with zero attached hydrogens (tertiary/aromatic N) is 1. The molecule has 0 radical (unpaired) electrons. The Kier molecular flexibility index (Phi) is 4.26. The van der Waals surface area contributed by atoms with Gasteiger partial charge in [0.2, 0.25) is 0 Å². The topological polar surface area (TPSA) is 70.6 Å². The zero-order valence-electron chi connectivity index (χ0n) is 10.6. The standard InChI is InChI=1S/C13H25N3O/c14-12(15-11-6-2-1-3-7-11)16-13(10-17)8-4-5-9-13/h11,17H,1-10H2,(H3,14,15,16). The largest absolute Gasteiger partial charge is 0.394 e. The number of guanidine groups is 1. The Labute approximate surface area is 104 Å². The van der Waals surface area contributed by atoms with Gasteiger partial charge in [-0.05, 0) is 25.7 Å². The molecule has 0 aliphatic heterocycles. The third-order valence-corrected chi connectivity index (χ3v) is 4.15. The van der Waals surface area contributed by atoms with Gasteiger partial charge in [0.1, 0.15) is 0 Å². The van der Waals surface area contributed by atoms with E-state index in [2.05, 4.69) is 10.3 Å². The van der Waals surface area contributed by atoms with Crippen molar-refractivity contribution in [3.8, 4) is 0 Å². The Morgan fingerprint density at radius 3 is 2.41 bits per heavy atom. The molecule has 2 rings (SSSR count). The van der Waals surface area contributed by atoms with Gasteiger partial charge >= 0.3 is 0 Å². The minimum atomic E-state index is -0.192. The van der Waals surface area contributed by atoms with E-state index in [1.165, 1.54) is 32.1 Å². The normalized spacial score (nSPS) is 26.1. The molecule has 2 aliphatic carbocycles. The highest BCUT2D eigenvalue weighted by Crippen LogP contribution is 2.29. The highest BCUT2D eigenvalue weighted by atomic mass is 16.3. The Morgan fingerprint density at radius 1 is 1.18 bits per heavy atom. The number of aliphatic hydroxyl groups excluding tert-OH is 1. The van der Waals surface area contributed by atoms with Crippen LogP contribution in [0.1, 0.15) is 57.8 Å². The van der Waals surface area contributed by atoms with E-state index in [9.17, 15) is 5.11 Å². The summed E-state index contributed by atoms with van der Waals surface area (Å²) in [4.78, 5) is 4.56. The van der Waals surface area contributed by atoms with Crippen molar-refractivity contribution in [3.05, 3.63) is 0 Å². The summed E-state index contributed by atoms with van der Waals surface area (Å²) in [6.07, 6.45) is 10.5. The molecule has 0 atom stereocenters. The summed E-state index contributed by atoms with van der Waals surface area (Å²) in [5, 5.41) is 12.8. The first-order valence-electron chi connectivity index (χ1n) is 6.96. The van der Waals surface area contributed by atoms with Crippen molar-refractivity contribution in [3.63, 3.8) is 0 Å². The molecular weight excluding hydrogens is 214 g/mol. The molecule has 4 nitrogen and oxygen atoms in total. The van der Waals surface area contributed by atoms with Crippen molar-refractivity contribution in [2.45, 2.75) is 69.4 Å². The van der Waals surface area contributed by atoms with Gasteiger partial charge in [-0.2, -0.15) is 0 Å². The Hall–Kier alpha value is -0.770. The molecule has 0 saturated heterocycles. The second-order valence-electron chi connectivity index (χ2n) is 5.58. The molecule has 4 N–H and O–H groups in total. The molecule has 2 fully saturated rings. The minimum absolute atomic E-state index is 0.161. The molecule has 0 aromatic heterocycles. The fraction of sp³-hybridized carbons (Fsp3) is 0.923. The van der Waals surface area contributed by atoms with Crippen molar-refractivity contribution < 1.29 is 5.11 Å². The zero-order chi connectivity index (χ0) is 12.1. The van der Waals surface area contributed by atoms with Gasteiger partial charge in [-0.15, -0.1) is 0 Å². The average molecular weight is 239 g/mol. The van der Waals surface area contributed by atoms with Crippen LogP contribution in [0.4, 0.5) is 0 Å². The van der Waals surface area contributed by atoms with Gasteiger partial charge in [0.15, 0.2) is 5.96 Å². The van der Waals surface area contributed by atoms with Crippen LogP contribution in [0.2, 0.25) is 0 Å². The molecule has 2 aliphatic rings. The van der Waals surface area contributed by atoms with Crippen LogP contribution >= 0.6 is 0 Å². The second kappa shape index (κ2) is 5.71. The molecule has 98 valence electrons. The predicted octanol–water partition coefficient (Wildman–Crippen LogP) is 1.53. The van der Waals surface area contributed by atoms with Crippen molar-refractivity contribution in [1.29, 1.82) is 0 Å². The Bertz CT molecular complexity index is 266. The van der Waals surface area contributed by atoms with E-state index in [1.54, 1.807) is 0 Å². The van der Waals surface area contributed by atoms with Gasteiger partial charge in [-0.1, -0.05) is 32.1 Å². The molecule has 0 heterocycles. The van der Waals surface area contributed by atoms with Gasteiger partial charge in [-0.25, -0.2) is 0 Å². The highest BCUT2D eigenvalue weighted by Gasteiger charge is 2.33. The molecule has 0 aromatic rings. The lowest BCUT2D eigenvalue weighted by molar-refractivity contribution is 0.182. The summed E-state index contributed by atoms with van der Waals surface area (Å²) in [5.74, 6) is 0.535. The van der Waals surface area contributed by atoms with Gasteiger partial charge < -0.3 is 16.2 Å². The number of nitrogens with one attached hydrogen (secondary N) is 1. The second-order valence-corrected chi connectivity index (χ2v) is 5.58. The van der Waals surface area contributed by atoms with Crippen molar-refractivity contribution in [2.24, 2.45) is 10.7 Å². The molecule has 4 heteroatoms. The van der Waals surface area contributed by atoms with Crippen molar-refractivity contribution in [1.82, 2.24) is 5.32 Å². The zero-order valence-corrected chi connectivity index (χ0v) is 10.6. The van der Waals surface area contributed by atoms with Crippen molar-refractivity contribution >= 4 is 5.96 Å². The Balaban J connectivity index is 1.90. The highest BCUT2D eigenvalue weighted by molar-refractivity contribution is 5.79. The minimum Gasteiger partial charge on any atom is -0.394 e. The monoisotopic (exact) mass is 239 g/mol. The number of hydrogen-bond acceptors (Lipinski definition) is 2. The van der Waals surface area contributed by atoms with Crippen molar-refractivity contribution in [2.75, 3.05) is 6.61 Å². The van der Waals surface area contributed by atoms with Gasteiger partial charge in [0.25, 0.3) is 0 Å². The summed E-state index contributed by atoms with van der Waals surface area (Å²) in [7, 11) is 0. The molecule has 0 amide bonds. The van der Waals surface area contributed by atoms with E-state index >= 15 is 0 Å². The quantitative estimate of drug-likeness (QED) is 0.516. The van der Waals surface area contributed by atoms with Crippen LogP contribution in [0.3, 0.4) is 0 Å². The number of hydrogen-bond donors (Lipinski definition) is 3. The smallest absolute Gasteiger partial charge is 0.189 e. The third kappa shape index (κ3) is 3.35. The van der Waals surface area contributed by atoms with Crippen LogP contribution < -0.4 is 11.1 Å². The van der Waals surface area contributed by atoms with E-state index in [4.69, 9.17) is 5.73 Å². The van der Waals surface area contributed by atoms with Crippen LogP contribution in [0, 0.1) is 0 Å².